The minimum absolute atomic E-state index is 0.604. The Bertz CT molecular complexity index is 581. The standard InChI is InChI=1S/C18H29N5S/c1-14-4-5-15(17(10-14)24-3)11-20-18(19-2)21-12-16-13-22-6-8-23(16)9-7-22/h4-5,10,16H,6-9,11-13H2,1-3H3,(H2,19,20,21). The summed E-state index contributed by atoms with van der Waals surface area (Å²) in [7, 11) is 1.84. The molecule has 0 radical (unpaired) electrons. The summed E-state index contributed by atoms with van der Waals surface area (Å²) < 4.78 is 0. The van der Waals surface area contributed by atoms with Crippen LogP contribution in [0.2, 0.25) is 0 Å². The predicted molar refractivity (Wildman–Crippen MR) is 103 cm³/mol. The van der Waals surface area contributed by atoms with E-state index in [0.29, 0.717) is 6.04 Å². The number of aliphatic imine (C=N–C) groups is 1. The Balaban J connectivity index is 1.50. The third-order valence-corrected chi connectivity index (χ3v) is 5.83. The van der Waals surface area contributed by atoms with Crippen molar-refractivity contribution in [2.45, 2.75) is 24.4 Å². The summed E-state index contributed by atoms with van der Waals surface area (Å²) in [6.45, 7) is 9.95. The molecule has 3 saturated heterocycles. The van der Waals surface area contributed by atoms with Crippen LogP contribution in [0.4, 0.5) is 0 Å². The van der Waals surface area contributed by atoms with E-state index in [4.69, 9.17) is 0 Å². The number of nitrogens with one attached hydrogen (secondary N) is 2. The number of fused-ring (bicyclic) bond motifs is 3. The van der Waals surface area contributed by atoms with Crippen LogP contribution in [0.3, 0.4) is 0 Å². The third-order valence-electron chi connectivity index (χ3n) is 5.01. The summed E-state index contributed by atoms with van der Waals surface area (Å²) in [6, 6.07) is 7.24. The number of hydrogen-bond donors (Lipinski definition) is 2. The molecule has 24 heavy (non-hydrogen) atoms. The molecule has 1 atom stereocenters. The van der Waals surface area contributed by atoms with Gasteiger partial charge in [-0.25, -0.2) is 0 Å². The lowest BCUT2D eigenvalue weighted by atomic mass is 10.1. The van der Waals surface area contributed by atoms with Gasteiger partial charge in [0.15, 0.2) is 5.96 Å². The monoisotopic (exact) mass is 347 g/mol. The van der Waals surface area contributed by atoms with Crippen LogP contribution in [0, 0.1) is 6.92 Å². The third kappa shape index (κ3) is 4.23. The first kappa shape index (κ1) is 17.6. The molecule has 1 aromatic carbocycles. The molecule has 3 aliphatic rings. The fourth-order valence-corrected chi connectivity index (χ4v) is 4.24. The average molecular weight is 348 g/mol. The van der Waals surface area contributed by atoms with E-state index in [0.717, 1.165) is 19.0 Å². The molecule has 0 saturated carbocycles. The molecule has 1 unspecified atom stereocenters. The Morgan fingerprint density at radius 2 is 2.04 bits per heavy atom. The Morgan fingerprint density at radius 3 is 2.67 bits per heavy atom. The summed E-state index contributed by atoms with van der Waals surface area (Å²) >= 11 is 1.80. The van der Waals surface area contributed by atoms with Crippen LogP contribution in [0.1, 0.15) is 11.1 Å². The highest BCUT2D eigenvalue weighted by Gasteiger charge is 2.31. The van der Waals surface area contributed by atoms with Crippen LogP contribution in [0.5, 0.6) is 0 Å². The molecule has 5 nitrogen and oxygen atoms in total. The first-order valence-corrected chi connectivity index (χ1v) is 9.96. The normalized spacial score (nSPS) is 26.5. The highest BCUT2D eigenvalue weighted by molar-refractivity contribution is 7.98. The number of guanidine groups is 1. The second-order valence-corrected chi connectivity index (χ2v) is 7.46. The van der Waals surface area contributed by atoms with Crippen LogP contribution in [-0.2, 0) is 6.54 Å². The molecule has 0 spiro atoms. The summed E-state index contributed by atoms with van der Waals surface area (Å²) in [5.74, 6) is 0.889. The van der Waals surface area contributed by atoms with E-state index in [2.05, 4.69) is 56.8 Å². The second-order valence-electron chi connectivity index (χ2n) is 6.61. The predicted octanol–water partition coefficient (Wildman–Crippen LogP) is 1.38. The fourth-order valence-electron chi connectivity index (χ4n) is 3.53. The molecule has 132 valence electrons. The minimum Gasteiger partial charge on any atom is -0.355 e. The fraction of sp³-hybridized carbons (Fsp3) is 0.611. The summed E-state index contributed by atoms with van der Waals surface area (Å²) in [5, 5.41) is 6.96. The molecular formula is C18H29N5S. The molecule has 3 heterocycles. The molecule has 1 aromatic rings. The van der Waals surface area contributed by atoms with E-state index >= 15 is 0 Å². The van der Waals surface area contributed by atoms with Gasteiger partial charge in [0.05, 0.1) is 0 Å². The van der Waals surface area contributed by atoms with Crippen molar-refractivity contribution in [2.75, 3.05) is 52.6 Å². The van der Waals surface area contributed by atoms with Crippen molar-refractivity contribution in [2.24, 2.45) is 4.99 Å². The van der Waals surface area contributed by atoms with Crippen LogP contribution >= 0.6 is 11.8 Å². The van der Waals surface area contributed by atoms with E-state index in [1.54, 1.807) is 11.8 Å². The Labute approximate surface area is 149 Å². The molecule has 4 rings (SSSR count). The number of hydrogen-bond acceptors (Lipinski definition) is 4. The van der Waals surface area contributed by atoms with Crippen LogP contribution < -0.4 is 10.6 Å². The van der Waals surface area contributed by atoms with Gasteiger partial charge in [0.2, 0.25) is 0 Å². The van der Waals surface area contributed by atoms with Gasteiger partial charge in [0.1, 0.15) is 0 Å². The van der Waals surface area contributed by atoms with E-state index < -0.39 is 0 Å². The maximum absolute atomic E-state index is 4.38. The number of piperazine rings is 3. The lowest BCUT2D eigenvalue weighted by molar-refractivity contribution is 0.0154. The quantitative estimate of drug-likeness (QED) is 0.479. The molecule has 0 aromatic heterocycles. The summed E-state index contributed by atoms with van der Waals surface area (Å²) in [5.41, 5.74) is 2.63. The van der Waals surface area contributed by atoms with E-state index in [1.807, 2.05) is 7.05 Å². The lowest BCUT2D eigenvalue weighted by Gasteiger charge is -2.47. The maximum atomic E-state index is 4.38. The van der Waals surface area contributed by atoms with Crippen molar-refractivity contribution in [1.82, 2.24) is 20.4 Å². The zero-order valence-electron chi connectivity index (χ0n) is 15.0. The number of thioether (sulfide) groups is 1. The van der Waals surface area contributed by atoms with Gasteiger partial charge in [-0.2, -0.15) is 0 Å². The lowest BCUT2D eigenvalue weighted by Crippen LogP contribution is -2.63. The topological polar surface area (TPSA) is 42.9 Å². The number of rotatable bonds is 5. The second kappa shape index (κ2) is 8.23. The summed E-state index contributed by atoms with van der Waals surface area (Å²) in [4.78, 5) is 10.9. The molecule has 3 aliphatic heterocycles. The zero-order valence-corrected chi connectivity index (χ0v) is 15.8. The first-order chi connectivity index (χ1) is 11.7. The molecule has 0 amide bonds. The van der Waals surface area contributed by atoms with E-state index in [-0.39, 0.29) is 0 Å². The van der Waals surface area contributed by atoms with Crippen LogP contribution in [-0.4, -0.2) is 74.4 Å². The maximum Gasteiger partial charge on any atom is 0.191 e. The molecule has 3 fully saturated rings. The Morgan fingerprint density at radius 1 is 1.25 bits per heavy atom. The van der Waals surface area contributed by atoms with Crippen molar-refractivity contribution in [1.29, 1.82) is 0 Å². The summed E-state index contributed by atoms with van der Waals surface area (Å²) in [6.07, 6.45) is 2.13. The van der Waals surface area contributed by atoms with Gasteiger partial charge in [-0.05, 0) is 30.4 Å². The SMILES string of the molecule is CN=C(NCc1ccc(C)cc1SC)NCC1CN2CCN1CC2. The molecule has 2 N–H and O–H groups in total. The van der Waals surface area contributed by atoms with Gasteiger partial charge in [-0.15, -0.1) is 11.8 Å². The van der Waals surface area contributed by atoms with Gasteiger partial charge >= 0.3 is 0 Å². The highest BCUT2D eigenvalue weighted by atomic mass is 32.2. The van der Waals surface area contributed by atoms with Gasteiger partial charge < -0.3 is 10.6 Å². The van der Waals surface area contributed by atoms with Gasteiger partial charge in [0, 0.05) is 63.8 Å². The van der Waals surface area contributed by atoms with E-state index in [9.17, 15) is 0 Å². The first-order valence-electron chi connectivity index (χ1n) is 8.74. The number of nitrogens with zero attached hydrogens (tertiary/aromatic N) is 3. The smallest absolute Gasteiger partial charge is 0.191 e. The average Bonchev–Trinajstić information content (AvgIpc) is 2.63. The van der Waals surface area contributed by atoms with Crippen LogP contribution in [0.25, 0.3) is 0 Å². The largest absolute Gasteiger partial charge is 0.355 e. The van der Waals surface area contributed by atoms with Crippen molar-refractivity contribution in [3.63, 3.8) is 0 Å². The highest BCUT2D eigenvalue weighted by Crippen LogP contribution is 2.21. The van der Waals surface area contributed by atoms with Crippen molar-refractivity contribution >= 4 is 17.7 Å². The van der Waals surface area contributed by atoms with Crippen LogP contribution in [0.15, 0.2) is 28.1 Å². The number of benzene rings is 1. The molecule has 0 aliphatic carbocycles. The molecular weight excluding hydrogens is 318 g/mol. The van der Waals surface area contributed by atoms with Crippen molar-refractivity contribution < 1.29 is 0 Å². The zero-order chi connectivity index (χ0) is 16.9. The number of aryl methyl sites for hydroxylation is 1. The Kier molecular flexibility index (Phi) is 6.03. The minimum atomic E-state index is 0.604. The van der Waals surface area contributed by atoms with Gasteiger partial charge in [0.25, 0.3) is 0 Å². The molecule has 6 heteroatoms. The van der Waals surface area contributed by atoms with Crippen molar-refractivity contribution in [3.05, 3.63) is 29.3 Å². The Hall–Kier alpha value is -1.24. The van der Waals surface area contributed by atoms with E-state index in [1.165, 1.54) is 48.7 Å². The van der Waals surface area contributed by atoms with Gasteiger partial charge in [-0.3, -0.25) is 14.8 Å². The van der Waals surface area contributed by atoms with Gasteiger partial charge in [-0.1, -0.05) is 12.1 Å². The van der Waals surface area contributed by atoms with Crippen molar-refractivity contribution in [3.8, 4) is 0 Å². The molecule has 2 bridgehead atoms.